The summed E-state index contributed by atoms with van der Waals surface area (Å²) < 4.78 is 0. The number of nitrogens with two attached hydrogens (primary N) is 1. The summed E-state index contributed by atoms with van der Waals surface area (Å²) in [7, 11) is 0. The van der Waals surface area contributed by atoms with Gasteiger partial charge in [-0.05, 0) is 61.4 Å². The number of benzene rings is 1. The smallest absolute Gasteiger partial charge is 0.0646 e. The van der Waals surface area contributed by atoms with Crippen molar-refractivity contribution in [3.05, 3.63) is 55.7 Å². The van der Waals surface area contributed by atoms with Gasteiger partial charge in [-0.25, -0.2) is 0 Å². The van der Waals surface area contributed by atoms with E-state index in [1.165, 1.54) is 42.5 Å². The third-order valence-electron chi connectivity index (χ3n) is 4.13. The van der Waals surface area contributed by atoms with Crippen LogP contribution in [-0.4, -0.2) is 0 Å². The van der Waals surface area contributed by atoms with Crippen LogP contribution < -0.4 is 5.73 Å². The summed E-state index contributed by atoms with van der Waals surface area (Å²) in [5.74, 6) is 0. The molecule has 0 spiro atoms. The van der Waals surface area contributed by atoms with E-state index >= 15 is 0 Å². The van der Waals surface area contributed by atoms with Gasteiger partial charge in [-0.1, -0.05) is 30.2 Å². The maximum Gasteiger partial charge on any atom is 0.0646 e. The van der Waals surface area contributed by atoms with Crippen LogP contribution in [0.25, 0.3) is 0 Å². The molecule has 106 valence electrons. The minimum absolute atomic E-state index is 0.0509. The van der Waals surface area contributed by atoms with E-state index in [9.17, 15) is 0 Å². The highest BCUT2D eigenvalue weighted by atomic mass is 35.5. The number of fused-ring (bicyclic) bond motifs is 1. The average Bonchev–Trinajstić information content (AvgIpc) is 2.72. The second-order valence-electron chi connectivity index (χ2n) is 5.64. The third kappa shape index (κ3) is 2.78. The van der Waals surface area contributed by atoms with Crippen molar-refractivity contribution in [2.75, 3.05) is 0 Å². The highest BCUT2D eigenvalue weighted by Crippen LogP contribution is 2.34. The molecular weight excluding hydrogens is 286 g/mol. The molecular formula is C17H20ClNS. The zero-order chi connectivity index (χ0) is 14.1. The van der Waals surface area contributed by atoms with Gasteiger partial charge in [0.05, 0.1) is 6.04 Å². The summed E-state index contributed by atoms with van der Waals surface area (Å²) in [5, 5.41) is 0.802. The van der Waals surface area contributed by atoms with Gasteiger partial charge in [-0.3, -0.25) is 0 Å². The van der Waals surface area contributed by atoms with Crippen LogP contribution in [0.3, 0.4) is 0 Å². The second kappa shape index (κ2) is 5.88. The van der Waals surface area contributed by atoms with Crippen LogP contribution in [0.15, 0.2) is 24.3 Å². The summed E-state index contributed by atoms with van der Waals surface area (Å²) in [4.78, 5) is 2.82. The lowest BCUT2D eigenvalue weighted by Gasteiger charge is -2.11. The third-order valence-corrected chi connectivity index (χ3v) is 5.85. The quantitative estimate of drug-likeness (QED) is 0.774. The molecule has 1 aromatic heterocycles. The summed E-state index contributed by atoms with van der Waals surface area (Å²) in [6.45, 7) is 2.02. The van der Waals surface area contributed by atoms with Gasteiger partial charge in [0.25, 0.3) is 0 Å². The predicted octanol–water partition coefficient (Wildman–Crippen LogP) is 5.03. The minimum Gasteiger partial charge on any atom is -0.320 e. The molecule has 1 atom stereocenters. The molecule has 20 heavy (non-hydrogen) atoms. The van der Waals surface area contributed by atoms with Crippen molar-refractivity contribution in [2.24, 2.45) is 5.73 Å². The fourth-order valence-corrected chi connectivity index (χ4v) is 4.29. The summed E-state index contributed by atoms with van der Waals surface area (Å²) in [6.07, 6.45) is 6.43. The molecule has 1 heterocycles. The standard InChI is InChI=1S/C17H20ClNS/c1-11-7-8-13(9-14(11)18)17(19)16-10-12-5-3-2-4-6-15(12)20-16/h7-10,17H,2-6,19H2,1H3. The van der Waals surface area contributed by atoms with Gasteiger partial charge >= 0.3 is 0 Å². The first-order chi connectivity index (χ1) is 9.65. The maximum absolute atomic E-state index is 6.44. The van der Waals surface area contributed by atoms with E-state index in [0.29, 0.717) is 0 Å². The zero-order valence-corrected chi connectivity index (χ0v) is 13.4. The Morgan fingerprint density at radius 3 is 2.75 bits per heavy atom. The lowest BCUT2D eigenvalue weighted by atomic mass is 10.0. The molecule has 0 fully saturated rings. The number of aryl methyl sites for hydroxylation is 3. The SMILES string of the molecule is Cc1ccc(C(N)c2cc3c(s2)CCCCC3)cc1Cl. The van der Waals surface area contributed by atoms with Crippen LogP contribution in [0.1, 0.15) is 51.7 Å². The van der Waals surface area contributed by atoms with Crippen molar-refractivity contribution in [2.45, 2.75) is 45.1 Å². The fourth-order valence-electron chi connectivity index (χ4n) is 2.81. The van der Waals surface area contributed by atoms with Gasteiger partial charge < -0.3 is 5.73 Å². The molecule has 2 aromatic rings. The van der Waals surface area contributed by atoms with Crippen LogP contribution >= 0.6 is 22.9 Å². The van der Waals surface area contributed by atoms with Gasteiger partial charge in [-0.2, -0.15) is 0 Å². The lowest BCUT2D eigenvalue weighted by molar-refractivity contribution is 0.712. The molecule has 1 aliphatic carbocycles. The maximum atomic E-state index is 6.44. The number of rotatable bonds is 2. The first kappa shape index (κ1) is 14.1. The van der Waals surface area contributed by atoms with Crippen LogP contribution in [0.5, 0.6) is 0 Å². The average molecular weight is 306 g/mol. The molecule has 1 unspecified atom stereocenters. The molecule has 0 saturated heterocycles. The Bertz CT molecular complexity index is 594. The van der Waals surface area contributed by atoms with Gasteiger partial charge in [0.15, 0.2) is 0 Å². The second-order valence-corrected chi connectivity index (χ2v) is 7.22. The highest BCUT2D eigenvalue weighted by Gasteiger charge is 2.17. The number of thiophene rings is 1. The molecule has 1 aromatic carbocycles. The van der Waals surface area contributed by atoms with E-state index in [2.05, 4.69) is 18.2 Å². The molecule has 3 heteroatoms. The summed E-state index contributed by atoms with van der Waals surface area (Å²) >= 11 is 8.11. The predicted molar refractivity (Wildman–Crippen MR) is 87.8 cm³/mol. The summed E-state index contributed by atoms with van der Waals surface area (Å²) in [5.41, 5.74) is 10.2. The van der Waals surface area contributed by atoms with Crippen molar-refractivity contribution >= 4 is 22.9 Å². The fraction of sp³-hybridized carbons (Fsp3) is 0.412. The first-order valence-electron chi connectivity index (χ1n) is 7.28. The minimum atomic E-state index is -0.0509. The normalized spacial score (nSPS) is 16.6. The number of hydrogen-bond acceptors (Lipinski definition) is 2. The molecule has 1 aliphatic rings. The molecule has 0 aliphatic heterocycles. The van der Waals surface area contributed by atoms with E-state index < -0.39 is 0 Å². The number of halogens is 1. The first-order valence-corrected chi connectivity index (χ1v) is 8.47. The molecule has 3 rings (SSSR count). The topological polar surface area (TPSA) is 26.0 Å². The Morgan fingerprint density at radius 1 is 1.15 bits per heavy atom. The highest BCUT2D eigenvalue weighted by molar-refractivity contribution is 7.12. The Morgan fingerprint density at radius 2 is 1.95 bits per heavy atom. The van der Waals surface area contributed by atoms with Crippen molar-refractivity contribution < 1.29 is 0 Å². The molecule has 0 bridgehead atoms. The molecule has 0 radical (unpaired) electrons. The van der Waals surface area contributed by atoms with Crippen LogP contribution in [0.4, 0.5) is 0 Å². The van der Waals surface area contributed by atoms with Crippen LogP contribution in [-0.2, 0) is 12.8 Å². The molecule has 0 saturated carbocycles. The zero-order valence-electron chi connectivity index (χ0n) is 11.8. The van der Waals surface area contributed by atoms with E-state index in [4.69, 9.17) is 17.3 Å². The molecule has 0 amide bonds. The van der Waals surface area contributed by atoms with E-state index in [1.807, 2.05) is 24.3 Å². The van der Waals surface area contributed by atoms with Crippen molar-refractivity contribution in [3.8, 4) is 0 Å². The van der Waals surface area contributed by atoms with Crippen LogP contribution in [0, 0.1) is 6.92 Å². The monoisotopic (exact) mass is 305 g/mol. The van der Waals surface area contributed by atoms with Crippen LogP contribution in [0.2, 0.25) is 5.02 Å². The van der Waals surface area contributed by atoms with Gasteiger partial charge in [0.1, 0.15) is 0 Å². The van der Waals surface area contributed by atoms with Crippen molar-refractivity contribution in [1.29, 1.82) is 0 Å². The Hall–Kier alpha value is -0.830. The molecule has 2 N–H and O–H groups in total. The van der Waals surface area contributed by atoms with Crippen molar-refractivity contribution in [1.82, 2.24) is 0 Å². The van der Waals surface area contributed by atoms with Crippen molar-refractivity contribution in [3.63, 3.8) is 0 Å². The number of hydrogen-bond donors (Lipinski definition) is 1. The Kier molecular flexibility index (Phi) is 4.16. The Balaban J connectivity index is 1.90. The van der Waals surface area contributed by atoms with Gasteiger partial charge in [-0.15, -0.1) is 11.3 Å². The van der Waals surface area contributed by atoms with Gasteiger partial charge in [0, 0.05) is 14.8 Å². The molecule has 1 nitrogen and oxygen atoms in total. The van der Waals surface area contributed by atoms with E-state index in [0.717, 1.165) is 16.1 Å². The van der Waals surface area contributed by atoms with E-state index in [-0.39, 0.29) is 6.04 Å². The largest absolute Gasteiger partial charge is 0.320 e. The summed E-state index contributed by atoms with van der Waals surface area (Å²) in [6, 6.07) is 8.42. The van der Waals surface area contributed by atoms with E-state index in [1.54, 1.807) is 4.88 Å². The lowest BCUT2D eigenvalue weighted by Crippen LogP contribution is -2.10. The van der Waals surface area contributed by atoms with Gasteiger partial charge in [0.2, 0.25) is 0 Å². The Labute approximate surface area is 129 Å².